The van der Waals surface area contributed by atoms with E-state index in [4.69, 9.17) is 0 Å². The lowest BCUT2D eigenvalue weighted by molar-refractivity contribution is -0.134. The van der Waals surface area contributed by atoms with Crippen LogP contribution in [0.15, 0.2) is 81.6 Å². The fourth-order valence-corrected chi connectivity index (χ4v) is 3.23. The van der Waals surface area contributed by atoms with Gasteiger partial charge >= 0.3 is 5.97 Å². The molecule has 3 rings (SSSR count). The molecule has 0 saturated carbocycles. The summed E-state index contributed by atoms with van der Waals surface area (Å²) in [6, 6.07) is 19.0. The molecular formula is C21H18N2O3S. The highest BCUT2D eigenvalue weighted by molar-refractivity contribution is 7.99. The van der Waals surface area contributed by atoms with Crippen LogP contribution >= 0.6 is 11.8 Å². The highest BCUT2D eigenvalue weighted by Crippen LogP contribution is 2.24. The highest BCUT2D eigenvalue weighted by atomic mass is 32.2. The quantitative estimate of drug-likeness (QED) is 0.402. The van der Waals surface area contributed by atoms with Gasteiger partial charge in [-0.2, -0.15) is 0 Å². The second kappa shape index (κ2) is 9.00. The van der Waals surface area contributed by atoms with Gasteiger partial charge in [0.15, 0.2) is 5.16 Å². The molecule has 0 fully saturated rings. The third-order valence-electron chi connectivity index (χ3n) is 3.71. The van der Waals surface area contributed by atoms with E-state index < -0.39 is 5.97 Å². The summed E-state index contributed by atoms with van der Waals surface area (Å²) in [7, 11) is 1.34. The van der Waals surface area contributed by atoms with Crippen LogP contribution in [0.5, 0.6) is 0 Å². The van der Waals surface area contributed by atoms with Crippen LogP contribution in [0.2, 0.25) is 0 Å². The molecule has 0 radical (unpaired) electrons. The van der Waals surface area contributed by atoms with Crippen molar-refractivity contribution < 1.29 is 9.53 Å². The molecule has 6 heteroatoms. The lowest BCUT2D eigenvalue weighted by Gasteiger charge is -2.05. The number of rotatable bonds is 6. The van der Waals surface area contributed by atoms with Gasteiger partial charge in [-0.1, -0.05) is 54.2 Å². The Hall–Kier alpha value is -3.12. The molecule has 2 aromatic carbocycles. The van der Waals surface area contributed by atoms with Crippen LogP contribution < -0.4 is 5.56 Å². The number of H-pyrrole nitrogens is 1. The molecule has 1 aromatic heterocycles. The molecule has 0 unspecified atom stereocenters. The Bertz CT molecular complexity index is 996. The van der Waals surface area contributed by atoms with Crippen molar-refractivity contribution in [2.24, 2.45) is 0 Å². The normalized spacial score (nSPS) is 10.9. The zero-order chi connectivity index (χ0) is 19.1. The fraction of sp³-hybridized carbons (Fsp3) is 0.0952. The Kier molecular flexibility index (Phi) is 6.22. The zero-order valence-corrected chi connectivity index (χ0v) is 15.5. The summed E-state index contributed by atoms with van der Waals surface area (Å²) in [6.07, 6.45) is 3.66. The van der Waals surface area contributed by atoms with Crippen LogP contribution in [0.1, 0.15) is 16.8 Å². The third-order valence-corrected chi connectivity index (χ3v) is 4.60. The molecule has 1 N–H and O–H groups in total. The van der Waals surface area contributed by atoms with E-state index in [0.29, 0.717) is 11.6 Å². The summed E-state index contributed by atoms with van der Waals surface area (Å²) in [4.78, 5) is 31.3. The van der Waals surface area contributed by atoms with Crippen molar-refractivity contribution >= 4 is 23.8 Å². The first-order chi connectivity index (χ1) is 13.1. The molecule has 0 amide bonds. The second-order valence-corrected chi connectivity index (χ2v) is 6.79. The number of carbonyl (C=O) groups is 1. The fourth-order valence-electron chi connectivity index (χ4n) is 2.42. The number of carbonyl (C=O) groups excluding carboxylic acids is 1. The predicted octanol–water partition coefficient (Wildman–Crippen LogP) is 3.70. The Labute approximate surface area is 161 Å². The number of nitrogens with one attached hydrogen (secondary N) is 1. The first kappa shape index (κ1) is 18.7. The molecule has 0 aliphatic heterocycles. The monoisotopic (exact) mass is 378 g/mol. The molecule has 1 heterocycles. The highest BCUT2D eigenvalue weighted by Gasteiger charge is 2.05. The lowest BCUT2D eigenvalue weighted by atomic mass is 10.1. The Morgan fingerprint density at radius 1 is 1.15 bits per heavy atom. The van der Waals surface area contributed by atoms with Crippen molar-refractivity contribution in [3.63, 3.8) is 0 Å². The van der Waals surface area contributed by atoms with Gasteiger partial charge in [0, 0.05) is 23.5 Å². The summed E-state index contributed by atoms with van der Waals surface area (Å²) in [6.45, 7) is 0. The minimum atomic E-state index is -0.398. The number of aromatic amines is 1. The Morgan fingerprint density at radius 3 is 2.59 bits per heavy atom. The van der Waals surface area contributed by atoms with Crippen LogP contribution in [0.4, 0.5) is 0 Å². The van der Waals surface area contributed by atoms with Crippen LogP contribution in [-0.4, -0.2) is 23.0 Å². The molecule has 0 aliphatic carbocycles. The van der Waals surface area contributed by atoms with Crippen molar-refractivity contribution in [2.45, 2.75) is 16.5 Å². The van der Waals surface area contributed by atoms with E-state index in [0.717, 1.165) is 21.7 Å². The number of nitrogens with zero attached hydrogens (tertiary/aromatic N) is 1. The average molecular weight is 378 g/mol. The van der Waals surface area contributed by atoms with Crippen molar-refractivity contribution in [3.8, 4) is 0 Å². The summed E-state index contributed by atoms with van der Waals surface area (Å²) >= 11 is 1.38. The number of hydrogen-bond donors (Lipinski definition) is 1. The molecule has 0 spiro atoms. The number of benzene rings is 2. The lowest BCUT2D eigenvalue weighted by Crippen LogP contribution is -2.10. The molecule has 0 aliphatic rings. The predicted molar refractivity (Wildman–Crippen MR) is 106 cm³/mol. The largest absolute Gasteiger partial charge is 0.466 e. The minimum absolute atomic E-state index is 0.170. The SMILES string of the molecule is COC(=O)C=Cc1ccc(Sc2nc(Cc3ccccc3)cc(=O)[nH]2)cc1. The maximum Gasteiger partial charge on any atom is 0.330 e. The van der Waals surface area contributed by atoms with Crippen molar-refractivity contribution in [1.29, 1.82) is 0 Å². The van der Waals surface area contributed by atoms with Gasteiger partial charge in [-0.05, 0) is 29.3 Å². The molecule has 0 bridgehead atoms. The zero-order valence-electron chi connectivity index (χ0n) is 14.7. The molecule has 0 atom stereocenters. The Balaban J connectivity index is 1.72. The third kappa shape index (κ3) is 5.69. The van der Waals surface area contributed by atoms with Gasteiger partial charge in [0.2, 0.25) is 0 Å². The molecule has 3 aromatic rings. The van der Waals surface area contributed by atoms with Crippen molar-refractivity contribution in [2.75, 3.05) is 7.11 Å². The average Bonchev–Trinajstić information content (AvgIpc) is 2.67. The number of aromatic nitrogens is 2. The van der Waals surface area contributed by atoms with Gasteiger partial charge in [0.1, 0.15) is 0 Å². The van der Waals surface area contributed by atoms with Gasteiger partial charge in [0.05, 0.1) is 12.8 Å². The number of ether oxygens (including phenoxy) is 1. The van der Waals surface area contributed by atoms with Crippen LogP contribution in [-0.2, 0) is 16.0 Å². The van der Waals surface area contributed by atoms with Crippen LogP contribution in [0.3, 0.4) is 0 Å². The van der Waals surface area contributed by atoms with E-state index in [1.54, 1.807) is 6.08 Å². The summed E-state index contributed by atoms with van der Waals surface area (Å²) in [5, 5.41) is 0.547. The summed E-state index contributed by atoms with van der Waals surface area (Å²) < 4.78 is 4.57. The maximum atomic E-state index is 12.0. The van der Waals surface area contributed by atoms with Gasteiger partial charge in [-0.25, -0.2) is 9.78 Å². The van der Waals surface area contributed by atoms with E-state index in [1.165, 1.54) is 31.0 Å². The van der Waals surface area contributed by atoms with Crippen LogP contribution in [0, 0.1) is 0 Å². The van der Waals surface area contributed by atoms with E-state index in [9.17, 15) is 9.59 Å². The summed E-state index contributed by atoms with van der Waals surface area (Å²) in [5.41, 5.74) is 2.54. The number of methoxy groups -OCH3 is 1. The first-order valence-electron chi connectivity index (χ1n) is 8.30. The van der Waals surface area contributed by atoms with Gasteiger partial charge in [-0.15, -0.1) is 0 Å². The van der Waals surface area contributed by atoms with Gasteiger partial charge in [-0.3, -0.25) is 4.79 Å². The van der Waals surface area contributed by atoms with Gasteiger partial charge in [0.25, 0.3) is 5.56 Å². The van der Waals surface area contributed by atoms with E-state index in [-0.39, 0.29) is 5.56 Å². The van der Waals surface area contributed by atoms with E-state index in [2.05, 4.69) is 14.7 Å². The standard InChI is InChI=1S/C21H18N2O3S/c1-26-20(25)12-9-15-7-10-18(11-8-15)27-21-22-17(14-19(24)23-21)13-16-5-3-2-4-6-16/h2-12,14H,13H2,1H3,(H,22,23,24). The van der Waals surface area contributed by atoms with Crippen LogP contribution in [0.25, 0.3) is 6.08 Å². The van der Waals surface area contributed by atoms with E-state index >= 15 is 0 Å². The minimum Gasteiger partial charge on any atom is -0.466 e. The van der Waals surface area contributed by atoms with E-state index in [1.807, 2.05) is 54.6 Å². The first-order valence-corrected chi connectivity index (χ1v) is 9.12. The Morgan fingerprint density at radius 2 is 1.89 bits per heavy atom. The van der Waals surface area contributed by atoms with Crippen molar-refractivity contribution in [1.82, 2.24) is 9.97 Å². The summed E-state index contributed by atoms with van der Waals surface area (Å²) in [5.74, 6) is -0.398. The number of esters is 1. The van der Waals surface area contributed by atoms with Gasteiger partial charge < -0.3 is 9.72 Å². The molecule has 0 saturated heterocycles. The smallest absolute Gasteiger partial charge is 0.330 e. The second-order valence-electron chi connectivity index (χ2n) is 5.73. The molecule has 5 nitrogen and oxygen atoms in total. The number of hydrogen-bond acceptors (Lipinski definition) is 5. The van der Waals surface area contributed by atoms with Crippen molar-refractivity contribution in [3.05, 3.63) is 93.9 Å². The molecule has 136 valence electrons. The maximum absolute atomic E-state index is 12.0. The molecule has 27 heavy (non-hydrogen) atoms. The topological polar surface area (TPSA) is 72.0 Å². The molecular weight excluding hydrogens is 360 g/mol.